The molecule has 0 aromatic carbocycles. The van der Waals surface area contributed by atoms with Crippen LogP contribution in [0.4, 0.5) is 0 Å². The lowest BCUT2D eigenvalue weighted by molar-refractivity contribution is -0.559. The molecule has 0 amide bonds. The molecule has 136 valence electrons. The Bertz CT molecular complexity index is 508. The van der Waals surface area contributed by atoms with E-state index in [2.05, 4.69) is 13.8 Å². The summed E-state index contributed by atoms with van der Waals surface area (Å²) in [6, 6.07) is 0. The molecule has 5 heteroatoms. The first-order valence-electron chi connectivity index (χ1n) is 9.75. The van der Waals surface area contributed by atoms with Gasteiger partial charge in [0.1, 0.15) is 0 Å². The van der Waals surface area contributed by atoms with E-state index in [9.17, 15) is 4.79 Å². The van der Waals surface area contributed by atoms with E-state index in [0.29, 0.717) is 11.8 Å². The predicted octanol–water partition coefficient (Wildman–Crippen LogP) is 3.96. The molecule has 0 unspecified atom stereocenters. The topological polar surface area (TPSA) is 54.0 Å². The van der Waals surface area contributed by atoms with E-state index in [1.807, 2.05) is 6.92 Å². The molecule has 5 fully saturated rings. The summed E-state index contributed by atoms with van der Waals surface area (Å²) in [5.41, 5.74) is -0.613. The van der Waals surface area contributed by atoms with E-state index < -0.39 is 17.7 Å². The van der Waals surface area contributed by atoms with E-state index in [1.54, 1.807) is 0 Å². The molecule has 7 atom stereocenters. The highest BCUT2D eigenvalue weighted by Gasteiger charge is 2.70. The number of rotatable bonds is 4. The fourth-order valence-electron chi connectivity index (χ4n) is 5.55. The molecule has 5 aliphatic rings. The number of hydrogen-bond donors (Lipinski definition) is 0. The summed E-state index contributed by atoms with van der Waals surface area (Å²) in [5, 5.41) is 0. The fraction of sp³-hybridized carbons (Fsp3) is 0.947. The molecular formula is C19H30O5. The van der Waals surface area contributed by atoms with Crippen LogP contribution in [0.2, 0.25) is 0 Å². The third kappa shape index (κ3) is 2.35. The molecule has 4 saturated heterocycles. The van der Waals surface area contributed by atoms with Crippen molar-refractivity contribution in [3.63, 3.8) is 0 Å². The minimum absolute atomic E-state index is 0.0857. The van der Waals surface area contributed by atoms with Gasteiger partial charge in [0, 0.05) is 18.3 Å². The Morgan fingerprint density at radius 1 is 1.12 bits per heavy atom. The lowest BCUT2D eigenvalue weighted by Gasteiger charge is -2.58. The van der Waals surface area contributed by atoms with Crippen molar-refractivity contribution in [1.82, 2.24) is 0 Å². The number of fused-ring (bicyclic) bond motifs is 2. The van der Waals surface area contributed by atoms with Gasteiger partial charge in [0.05, 0.1) is 5.92 Å². The smallest absolute Gasteiger partial charge is 0.311 e. The molecule has 0 aromatic heterocycles. The van der Waals surface area contributed by atoms with Gasteiger partial charge in [-0.05, 0) is 38.5 Å². The molecule has 2 bridgehead atoms. The summed E-state index contributed by atoms with van der Waals surface area (Å²) in [4.78, 5) is 24.6. The summed E-state index contributed by atoms with van der Waals surface area (Å²) in [6.45, 7) is 6.36. The van der Waals surface area contributed by atoms with Gasteiger partial charge in [-0.1, -0.05) is 33.1 Å². The molecule has 5 rings (SSSR count). The Hall–Kier alpha value is -0.650. The maximum Gasteiger partial charge on any atom is 0.311 e. The second-order valence-electron chi connectivity index (χ2n) is 8.45. The first kappa shape index (κ1) is 16.8. The van der Waals surface area contributed by atoms with Crippen LogP contribution in [0.1, 0.15) is 72.1 Å². The van der Waals surface area contributed by atoms with Crippen molar-refractivity contribution >= 4 is 5.97 Å². The average molecular weight is 338 g/mol. The normalized spacial score (nSPS) is 50.1. The van der Waals surface area contributed by atoms with Crippen LogP contribution in [0.3, 0.4) is 0 Å². The highest BCUT2D eigenvalue weighted by molar-refractivity contribution is 5.74. The molecular weight excluding hydrogens is 308 g/mol. The van der Waals surface area contributed by atoms with Crippen LogP contribution in [0.15, 0.2) is 0 Å². The molecule has 1 saturated carbocycles. The van der Waals surface area contributed by atoms with Gasteiger partial charge in [0.15, 0.2) is 5.60 Å². The van der Waals surface area contributed by atoms with Crippen molar-refractivity contribution < 1.29 is 24.0 Å². The maximum absolute atomic E-state index is 12.7. The summed E-state index contributed by atoms with van der Waals surface area (Å²) in [6.07, 6.45) is 7.55. The van der Waals surface area contributed by atoms with Crippen molar-refractivity contribution in [1.29, 1.82) is 0 Å². The number of ether oxygens (including phenoxy) is 2. The Labute approximate surface area is 144 Å². The molecule has 5 nitrogen and oxygen atoms in total. The Morgan fingerprint density at radius 2 is 1.96 bits per heavy atom. The molecule has 24 heavy (non-hydrogen) atoms. The van der Waals surface area contributed by atoms with Gasteiger partial charge in [-0.15, -0.1) is 0 Å². The van der Waals surface area contributed by atoms with Crippen LogP contribution in [-0.2, 0) is 24.0 Å². The SMILES string of the molecule is CCCCC[C@H]1C(=O)O[C@@H]2O[C@@]3(C)CC[C@H]4[C@H](C)CC[C@@H]1[C@@]24OO3. The van der Waals surface area contributed by atoms with Gasteiger partial charge in [-0.2, -0.15) is 0 Å². The quantitative estimate of drug-likeness (QED) is 0.441. The van der Waals surface area contributed by atoms with Crippen LogP contribution in [0.5, 0.6) is 0 Å². The van der Waals surface area contributed by atoms with Crippen LogP contribution in [-0.4, -0.2) is 23.6 Å². The van der Waals surface area contributed by atoms with Gasteiger partial charge < -0.3 is 9.47 Å². The predicted molar refractivity (Wildman–Crippen MR) is 86.5 cm³/mol. The fourth-order valence-corrected chi connectivity index (χ4v) is 5.55. The van der Waals surface area contributed by atoms with E-state index in [0.717, 1.165) is 51.4 Å². The van der Waals surface area contributed by atoms with Crippen molar-refractivity contribution in [2.24, 2.45) is 23.7 Å². The molecule has 1 aliphatic carbocycles. The minimum atomic E-state index is -0.799. The lowest BCUT2D eigenvalue weighted by atomic mass is 9.57. The van der Waals surface area contributed by atoms with E-state index in [1.165, 1.54) is 0 Å². The molecule has 0 aromatic rings. The van der Waals surface area contributed by atoms with E-state index in [4.69, 9.17) is 19.2 Å². The van der Waals surface area contributed by atoms with Crippen molar-refractivity contribution in [3.05, 3.63) is 0 Å². The number of hydrogen-bond acceptors (Lipinski definition) is 5. The van der Waals surface area contributed by atoms with Gasteiger partial charge >= 0.3 is 5.97 Å². The van der Waals surface area contributed by atoms with Gasteiger partial charge in [-0.3, -0.25) is 4.79 Å². The van der Waals surface area contributed by atoms with Crippen LogP contribution < -0.4 is 0 Å². The molecule has 0 radical (unpaired) electrons. The Balaban J connectivity index is 1.69. The largest absolute Gasteiger partial charge is 0.432 e. The molecule has 4 heterocycles. The van der Waals surface area contributed by atoms with Crippen LogP contribution in [0.25, 0.3) is 0 Å². The van der Waals surface area contributed by atoms with Gasteiger partial charge in [0.2, 0.25) is 12.1 Å². The average Bonchev–Trinajstić information content (AvgIpc) is 2.78. The number of carbonyl (C=O) groups excluding carboxylic acids is 1. The number of unbranched alkanes of at least 4 members (excludes halogenated alkanes) is 2. The summed E-state index contributed by atoms with van der Waals surface area (Å²) >= 11 is 0. The maximum atomic E-state index is 12.7. The molecule has 1 spiro atoms. The first-order chi connectivity index (χ1) is 11.5. The molecule has 4 aliphatic heterocycles. The summed E-state index contributed by atoms with van der Waals surface area (Å²) < 4.78 is 12.0. The summed E-state index contributed by atoms with van der Waals surface area (Å²) in [5.74, 6) is 0.0193. The highest BCUT2D eigenvalue weighted by Crippen LogP contribution is 2.60. The van der Waals surface area contributed by atoms with Crippen LogP contribution >= 0.6 is 0 Å². The third-order valence-corrected chi connectivity index (χ3v) is 6.91. The summed E-state index contributed by atoms with van der Waals surface area (Å²) in [7, 11) is 0. The molecule has 0 N–H and O–H groups in total. The van der Waals surface area contributed by atoms with Gasteiger partial charge in [0.25, 0.3) is 0 Å². The number of esters is 1. The highest BCUT2D eigenvalue weighted by atomic mass is 17.3. The first-order valence-corrected chi connectivity index (χ1v) is 9.75. The Kier molecular flexibility index (Phi) is 4.17. The third-order valence-electron chi connectivity index (χ3n) is 6.91. The Morgan fingerprint density at radius 3 is 2.75 bits per heavy atom. The van der Waals surface area contributed by atoms with Crippen LogP contribution in [0, 0.1) is 23.7 Å². The standard InChI is InChI=1S/C19H30O5/c1-4-5-6-7-13-15-9-8-12(2)14-10-11-18(3)22-17(21-16(13)20)19(14,15)24-23-18/h12-15,17H,4-11H2,1-3H3/t12-,13-,14+,15+,17-,18-,19-/m1/s1. The van der Waals surface area contributed by atoms with E-state index >= 15 is 0 Å². The van der Waals surface area contributed by atoms with E-state index in [-0.39, 0.29) is 17.8 Å². The monoisotopic (exact) mass is 338 g/mol. The van der Waals surface area contributed by atoms with Crippen molar-refractivity contribution in [2.75, 3.05) is 0 Å². The van der Waals surface area contributed by atoms with Gasteiger partial charge in [-0.25, -0.2) is 9.78 Å². The van der Waals surface area contributed by atoms with Crippen molar-refractivity contribution in [2.45, 2.75) is 89.8 Å². The lowest BCUT2D eigenvalue weighted by Crippen LogP contribution is -2.70. The second kappa shape index (κ2) is 5.96. The van der Waals surface area contributed by atoms with Crippen molar-refractivity contribution in [3.8, 4) is 0 Å². The zero-order chi connectivity index (χ0) is 16.9. The number of carbonyl (C=O) groups is 1. The second-order valence-corrected chi connectivity index (χ2v) is 8.45. The minimum Gasteiger partial charge on any atom is -0.432 e. The zero-order valence-corrected chi connectivity index (χ0v) is 15.1. The zero-order valence-electron chi connectivity index (χ0n) is 15.1.